The van der Waals surface area contributed by atoms with E-state index in [0.717, 1.165) is 33.1 Å². The van der Waals surface area contributed by atoms with Crippen LogP contribution in [0.15, 0.2) is 72.9 Å². The van der Waals surface area contributed by atoms with Gasteiger partial charge < -0.3 is 15.4 Å². The number of H-pyrrole nitrogens is 1. The van der Waals surface area contributed by atoms with Crippen LogP contribution in [-0.4, -0.2) is 39.2 Å². The molecule has 0 aliphatic carbocycles. The van der Waals surface area contributed by atoms with Gasteiger partial charge in [-0.15, -0.1) is 0 Å². The molecule has 0 bridgehead atoms. The summed E-state index contributed by atoms with van der Waals surface area (Å²) in [5.74, 6) is 1.68. The zero-order valence-corrected chi connectivity index (χ0v) is 18.0. The standard InChI is InChI=1S/C25H22N6O2/c1-2-26-23(32)15-33-19-7-5-6-16(13-19)24-29-22-9-4-3-8-20(22)25(30-24)28-18-10-11-21-17(12-18)14-27-31-21/h3-14H,2,15H2,1H3,(H,26,32)(H,27,31)(H,28,29,30). The first-order chi connectivity index (χ1) is 16.2. The second-order valence-electron chi connectivity index (χ2n) is 7.48. The maximum atomic E-state index is 11.7. The van der Waals surface area contributed by atoms with Gasteiger partial charge in [0, 0.05) is 28.6 Å². The molecular formula is C25H22N6O2. The molecule has 3 N–H and O–H groups in total. The summed E-state index contributed by atoms with van der Waals surface area (Å²) in [6, 6.07) is 21.3. The predicted molar refractivity (Wildman–Crippen MR) is 129 cm³/mol. The van der Waals surface area contributed by atoms with Crippen LogP contribution in [0.2, 0.25) is 0 Å². The highest BCUT2D eigenvalue weighted by Gasteiger charge is 2.11. The molecule has 0 fully saturated rings. The highest BCUT2D eigenvalue weighted by molar-refractivity contribution is 5.93. The first kappa shape index (κ1) is 20.4. The molecule has 3 aromatic carbocycles. The number of anilines is 2. The monoisotopic (exact) mass is 438 g/mol. The summed E-state index contributed by atoms with van der Waals surface area (Å²) in [6.45, 7) is 2.39. The first-order valence-corrected chi connectivity index (χ1v) is 10.7. The normalized spacial score (nSPS) is 10.9. The Morgan fingerprint density at radius 3 is 2.85 bits per heavy atom. The fraction of sp³-hybridized carbons (Fsp3) is 0.120. The summed E-state index contributed by atoms with van der Waals surface area (Å²) in [6.07, 6.45) is 1.79. The molecule has 1 amide bonds. The largest absolute Gasteiger partial charge is 0.484 e. The topological polar surface area (TPSA) is 105 Å². The fourth-order valence-electron chi connectivity index (χ4n) is 3.58. The Labute approximate surface area is 190 Å². The van der Waals surface area contributed by atoms with Crippen LogP contribution in [0.5, 0.6) is 5.75 Å². The number of para-hydroxylation sites is 1. The first-order valence-electron chi connectivity index (χ1n) is 10.7. The Morgan fingerprint density at radius 1 is 1.03 bits per heavy atom. The SMILES string of the molecule is CCNC(=O)COc1cccc(-c2nc(Nc3ccc4[nH]ncc4c3)c3ccccc3n2)c1. The number of nitrogens with one attached hydrogen (secondary N) is 3. The number of fused-ring (bicyclic) bond motifs is 2. The lowest BCUT2D eigenvalue weighted by Gasteiger charge is -2.12. The quantitative estimate of drug-likeness (QED) is 0.347. The van der Waals surface area contributed by atoms with E-state index in [9.17, 15) is 4.79 Å². The van der Waals surface area contributed by atoms with E-state index in [2.05, 4.69) is 20.8 Å². The Balaban J connectivity index is 1.49. The molecule has 164 valence electrons. The number of carbonyl (C=O) groups is 1. The van der Waals surface area contributed by atoms with Crippen LogP contribution in [0.25, 0.3) is 33.2 Å². The van der Waals surface area contributed by atoms with E-state index < -0.39 is 0 Å². The number of hydrogen-bond acceptors (Lipinski definition) is 6. The van der Waals surface area contributed by atoms with Crippen molar-refractivity contribution in [2.24, 2.45) is 0 Å². The number of rotatable bonds is 7. The minimum atomic E-state index is -0.161. The molecule has 0 atom stereocenters. The van der Waals surface area contributed by atoms with Crippen molar-refractivity contribution in [1.29, 1.82) is 0 Å². The van der Waals surface area contributed by atoms with Gasteiger partial charge in [-0.1, -0.05) is 24.3 Å². The van der Waals surface area contributed by atoms with Crippen LogP contribution in [-0.2, 0) is 4.79 Å². The molecule has 0 spiro atoms. The number of likely N-dealkylation sites (N-methyl/N-ethyl adjacent to an activating group) is 1. The third-order valence-electron chi connectivity index (χ3n) is 5.14. The average Bonchev–Trinajstić information content (AvgIpc) is 3.31. The molecule has 2 heterocycles. The number of aromatic nitrogens is 4. The lowest BCUT2D eigenvalue weighted by atomic mass is 10.1. The molecule has 0 unspecified atom stereocenters. The summed E-state index contributed by atoms with van der Waals surface area (Å²) in [4.78, 5) is 21.3. The number of aromatic amines is 1. The molecule has 0 aliphatic rings. The average molecular weight is 438 g/mol. The molecule has 0 radical (unpaired) electrons. The van der Waals surface area contributed by atoms with Crippen LogP contribution >= 0.6 is 0 Å². The van der Waals surface area contributed by atoms with Crippen LogP contribution < -0.4 is 15.4 Å². The lowest BCUT2D eigenvalue weighted by Crippen LogP contribution is -2.28. The van der Waals surface area contributed by atoms with Crippen molar-refractivity contribution in [3.8, 4) is 17.1 Å². The van der Waals surface area contributed by atoms with Gasteiger partial charge in [0.2, 0.25) is 0 Å². The maximum Gasteiger partial charge on any atom is 0.257 e. The maximum absolute atomic E-state index is 11.7. The van der Waals surface area contributed by atoms with Gasteiger partial charge in [-0.2, -0.15) is 5.10 Å². The van der Waals surface area contributed by atoms with Crippen molar-refractivity contribution in [2.45, 2.75) is 6.92 Å². The number of amides is 1. The third kappa shape index (κ3) is 4.45. The van der Waals surface area contributed by atoms with E-state index in [-0.39, 0.29) is 12.5 Å². The number of benzene rings is 3. The van der Waals surface area contributed by atoms with Gasteiger partial charge in [0.15, 0.2) is 12.4 Å². The smallest absolute Gasteiger partial charge is 0.257 e. The molecule has 8 heteroatoms. The predicted octanol–water partition coefficient (Wildman–Crippen LogP) is 4.43. The van der Waals surface area contributed by atoms with Crippen LogP contribution in [0, 0.1) is 0 Å². The van der Waals surface area contributed by atoms with Crippen molar-refractivity contribution < 1.29 is 9.53 Å². The zero-order chi connectivity index (χ0) is 22.6. The number of carbonyl (C=O) groups excluding carboxylic acids is 1. The lowest BCUT2D eigenvalue weighted by molar-refractivity contribution is -0.122. The molecule has 8 nitrogen and oxygen atoms in total. The molecular weight excluding hydrogens is 416 g/mol. The Kier molecular flexibility index (Phi) is 5.55. The van der Waals surface area contributed by atoms with Gasteiger partial charge in [-0.3, -0.25) is 9.89 Å². The number of nitrogens with zero attached hydrogens (tertiary/aromatic N) is 3. The minimum absolute atomic E-state index is 0.0425. The highest BCUT2D eigenvalue weighted by atomic mass is 16.5. The zero-order valence-electron chi connectivity index (χ0n) is 18.0. The van der Waals surface area contributed by atoms with E-state index in [1.54, 1.807) is 6.20 Å². The fourth-order valence-corrected chi connectivity index (χ4v) is 3.58. The molecule has 2 aromatic heterocycles. The number of hydrogen-bond donors (Lipinski definition) is 3. The van der Waals surface area contributed by atoms with Gasteiger partial charge >= 0.3 is 0 Å². The van der Waals surface area contributed by atoms with Crippen LogP contribution in [0.3, 0.4) is 0 Å². The van der Waals surface area contributed by atoms with E-state index in [1.165, 1.54) is 0 Å². The molecule has 0 saturated carbocycles. The second kappa shape index (κ2) is 8.96. The Morgan fingerprint density at radius 2 is 1.94 bits per heavy atom. The summed E-state index contributed by atoms with van der Waals surface area (Å²) < 4.78 is 5.64. The summed E-state index contributed by atoms with van der Waals surface area (Å²) >= 11 is 0. The Bertz CT molecular complexity index is 1450. The van der Waals surface area contributed by atoms with Gasteiger partial charge in [0.05, 0.1) is 17.2 Å². The van der Waals surface area contributed by atoms with Crippen LogP contribution in [0.1, 0.15) is 6.92 Å². The Hall–Kier alpha value is -4.46. The van der Waals surface area contributed by atoms with E-state index in [1.807, 2.05) is 73.7 Å². The molecule has 0 aliphatic heterocycles. The van der Waals surface area contributed by atoms with E-state index in [0.29, 0.717) is 23.9 Å². The van der Waals surface area contributed by atoms with Crippen molar-refractivity contribution in [2.75, 3.05) is 18.5 Å². The van der Waals surface area contributed by atoms with E-state index >= 15 is 0 Å². The van der Waals surface area contributed by atoms with Gasteiger partial charge in [-0.25, -0.2) is 9.97 Å². The summed E-state index contributed by atoms with van der Waals surface area (Å²) in [7, 11) is 0. The van der Waals surface area contributed by atoms with Gasteiger partial charge in [-0.05, 0) is 49.4 Å². The second-order valence-corrected chi connectivity index (χ2v) is 7.48. The molecule has 5 aromatic rings. The highest BCUT2D eigenvalue weighted by Crippen LogP contribution is 2.29. The molecule has 5 rings (SSSR count). The van der Waals surface area contributed by atoms with E-state index in [4.69, 9.17) is 14.7 Å². The molecule has 33 heavy (non-hydrogen) atoms. The third-order valence-corrected chi connectivity index (χ3v) is 5.14. The van der Waals surface area contributed by atoms with Crippen molar-refractivity contribution in [3.05, 3.63) is 72.9 Å². The van der Waals surface area contributed by atoms with Gasteiger partial charge in [0.1, 0.15) is 11.6 Å². The van der Waals surface area contributed by atoms with Crippen molar-refractivity contribution in [3.63, 3.8) is 0 Å². The number of ether oxygens (including phenoxy) is 1. The van der Waals surface area contributed by atoms with Crippen LogP contribution in [0.4, 0.5) is 11.5 Å². The minimum Gasteiger partial charge on any atom is -0.484 e. The molecule has 0 saturated heterocycles. The van der Waals surface area contributed by atoms with Crippen molar-refractivity contribution >= 4 is 39.2 Å². The van der Waals surface area contributed by atoms with Gasteiger partial charge in [0.25, 0.3) is 5.91 Å². The summed E-state index contributed by atoms with van der Waals surface area (Å²) in [5, 5.41) is 15.1. The van der Waals surface area contributed by atoms with Crippen molar-refractivity contribution in [1.82, 2.24) is 25.5 Å². The summed E-state index contributed by atoms with van der Waals surface area (Å²) in [5.41, 5.74) is 3.49.